The number of nitro groups is 1. The third kappa shape index (κ3) is 3.69. The molecule has 3 aromatic heterocycles. The first-order valence-corrected chi connectivity index (χ1v) is 8.16. The van der Waals surface area contributed by atoms with Crippen molar-refractivity contribution in [2.45, 2.75) is 20.8 Å². The Balaban J connectivity index is 1.96. The van der Waals surface area contributed by atoms with E-state index in [0.717, 1.165) is 16.1 Å². The number of anilines is 4. The highest BCUT2D eigenvalue weighted by atomic mass is 32.1. The summed E-state index contributed by atoms with van der Waals surface area (Å²) in [5.41, 5.74) is 1.58. The summed E-state index contributed by atoms with van der Waals surface area (Å²) in [6.07, 6.45) is 2.91. The number of rotatable bonds is 5. The minimum Gasteiger partial charge on any atom is -0.319 e. The topological polar surface area (TPSA) is 119 Å². The van der Waals surface area contributed by atoms with Gasteiger partial charge in [0.15, 0.2) is 5.13 Å². The fraction of sp³-hybridized carbons (Fsp3) is 0.200. The molecule has 0 amide bonds. The molecule has 0 unspecified atom stereocenters. The molecule has 0 aliphatic heterocycles. The van der Waals surface area contributed by atoms with E-state index in [9.17, 15) is 10.1 Å². The Morgan fingerprint density at radius 2 is 1.80 bits per heavy atom. The second-order valence-corrected chi connectivity index (χ2v) is 6.51. The van der Waals surface area contributed by atoms with E-state index >= 15 is 0 Å². The smallest absolute Gasteiger partial charge is 0.319 e. The largest absolute Gasteiger partial charge is 0.354 e. The zero-order valence-corrected chi connectivity index (χ0v) is 14.6. The molecule has 0 aliphatic rings. The predicted molar refractivity (Wildman–Crippen MR) is 95.8 cm³/mol. The van der Waals surface area contributed by atoms with Crippen molar-refractivity contribution in [1.82, 2.24) is 19.9 Å². The van der Waals surface area contributed by atoms with Gasteiger partial charge < -0.3 is 10.6 Å². The van der Waals surface area contributed by atoms with Crippen molar-refractivity contribution in [3.05, 3.63) is 50.9 Å². The summed E-state index contributed by atoms with van der Waals surface area (Å²) in [5, 5.41) is 17.9. The minimum absolute atomic E-state index is 0.0591. The summed E-state index contributed by atoms with van der Waals surface area (Å²) in [6, 6.07) is 3.57. The predicted octanol–water partition coefficient (Wildman–Crippen LogP) is 3.65. The van der Waals surface area contributed by atoms with Gasteiger partial charge in [-0.15, -0.1) is 11.3 Å². The lowest BCUT2D eigenvalue weighted by Crippen LogP contribution is -2.06. The summed E-state index contributed by atoms with van der Waals surface area (Å²) in [7, 11) is 0. The number of pyridine rings is 1. The molecular formula is C15H15N7O2S. The number of hydrogen-bond acceptors (Lipinski definition) is 9. The molecule has 3 aromatic rings. The average molecular weight is 357 g/mol. The van der Waals surface area contributed by atoms with Gasteiger partial charge >= 0.3 is 5.69 Å². The van der Waals surface area contributed by atoms with Gasteiger partial charge in [-0.2, -0.15) is 0 Å². The number of nitrogens with zero attached hydrogens (tertiary/aromatic N) is 5. The summed E-state index contributed by atoms with van der Waals surface area (Å²) < 4.78 is 0. The van der Waals surface area contributed by atoms with Gasteiger partial charge in [-0.25, -0.2) is 19.9 Å². The second-order valence-electron chi connectivity index (χ2n) is 5.31. The van der Waals surface area contributed by atoms with Crippen LogP contribution in [0.4, 0.5) is 28.3 Å². The Kier molecular flexibility index (Phi) is 4.52. The van der Waals surface area contributed by atoms with Crippen LogP contribution in [-0.4, -0.2) is 24.9 Å². The first-order chi connectivity index (χ1) is 11.9. The first-order valence-electron chi connectivity index (χ1n) is 7.34. The summed E-state index contributed by atoms with van der Waals surface area (Å²) in [6.45, 7) is 5.72. The highest BCUT2D eigenvalue weighted by molar-refractivity contribution is 7.15. The molecule has 9 nitrogen and oxygen atoms in total. The SMILES string of the molecule is Cc1ccc(Nc2ncnc(Nc3nc(C)c(C)s3)c2[N+](=O)[O-])nc1. The highest BCUT2D eigenvalue weighted by Crippen LogP contribution is 2.34. The maximum Gasteiger partial charge on any atom is 0.354 e. The molecular weight excluding hydrogens is 342 g/mol. The van der Waals surface area contributed by atoms with Crippen LogP contribution in [0.1, 0.15) is 16.1 Å². The average Bonchev–Trinajstić information content (AvgIpc) is 2.87. The molecule has 0 aliphatic carbocycles. The third-order valence-corrected chi connectivity index (χ3v) is 4.40. The number of aryl methyl sites for hydroxylation is 3. The van der Waals surface area contributed by atoms with Crippen molar-refractivity contribution < 1.29 is 4.92 Å². The van der Waals surface area contributed by atoms with E-state index in [1.54, 1.807) is 12.3 Å². The molecule has 0 aromatic carbocycles. The maximum atomic E-state index is 11.6. The molecule has 0 bridgehead atoms. The normalized spacial score (nSPS) is 10.5. The Labute approximate surface area is 147 Å². The zero-order chi connectivity index (χ0) is 18.0. The van der Waals surface area contributed by atoms with E-state index in [-0.39, 0.29) is 17.3 Å². The molecule has 3 heterocycles. The van der Waals surface area contributed by atoms with E-state index in [2.05, 4.69) is 30.6 Å². The van der Waals surface area contributed by atoms with Crippen LogP contribution in [0.25, 0.3) is 0 Å². The second kappa shape index (κ2) is 6.77. The Morgan fingerprint density at radius 3 is 2.36 bits per heavy atom. The number of nitrogens with one attached hydrogen (secondary N) is 2. The van der Waals surface area contributed by atoms with Gasteiger partial charge in [0.25, 0.3) is 0 Å². The molecule has 0 saturated carbocycles. The van der Waals surface area contributed by atoms with Crippen molar-refractivity contribution in [1.29, 1.82) is 0 Å². The van der Waals surface area contributed by atoms with Crippen molar-refractivity contribution in [3.63, 3.8) is 0 Å². The zero-order valence-electron chi connectivity index (χ0n) is 13.8. The highest BCUT2D eigenvalue weighted by Gasteiger charge is 2.24. The third-order valence-electron chi connectivity index (χ3n) is 3.42. The lowest BCUT2D eigenvalue weighted by Gasteiger charge is -2.08. The van der Waals surface area contributed by atoms with Gasteiger partial charge in [-0.05, 0) is 32.4 Å². The van der Waals surface area contributed by atoms with Crippen LogP contribution >= 0.6 is 11.3 Å². The minimum atomic E-state index is -0.536. The summed E-state index contributed by atoms with van der Waals surface area (Å²) in [5.74, 6) is 0.589. The van der Waals surface area contributed by atoms with E-state index in [4.69, 9.17) is 0 Å². The molecule has 3 rings (SSSR count). The fourth-order valence-electron chi connectivity index (χ4n) is 2.03. The van der Waals surface area contributed by atoms with Gasteiger partial charge in [-0.1, -0.05) is 6.07 Å². The monoisotopic (exact) mass is 357 g/mol. The number of aromatic nitrogens is 4. The molecule has 128 valence electrons. The van der Waals surface area contributed by atoms with Crippen LogP contribution in [0.3, 0.4) is 0 Å². The molecule has 0 radical (unpaired) electrons. The summed E-state index contributed by atoms with van der Waals surface area (Å²) in [4.78, 5) is 28.5. The van der Waals surface area contributed by atoms with Crippen LogP contribution in [0.5, 0.6) is 0 Å². The number of thiazole rings is 1. The van der Waals surface area contributed by atoms with E-state index in [0.29, 0.717) is 10.9 Å². The van der Waals surface area contributed by atoms with E-state index in [1.807, 2.05) is 26.8 Å². The quantitative estimate of drug-likeness (QED) is 0.524. The van der Waals surface area contributed by atoms with Crippen LogP contribution in [0, 0.1) is 30.9 Å². The van der Waals surface area contributed by atoms with Gasteiger partial charge in [0, 0.05) is 11.1 Å². The van der Waals surface area contributed by atoms with Crippen molar-refractivity contribution in [2.24, 2.45) is 0 Å². The molecule has 2 N–H and O–H groups in total. The standard InChI is InChI=1S/C15H15N7O2S/c1-8-4-5-11(16-6-8)20-13-12(22(23)24)14(18-7-17-13)21-15-19-9(2)10(3)25-15/h4-7H,1-3H3,(H2,16,17,18,19,20,21). The maximum absolute atomic E-state index is 11.6. The molecule has 0 atom stereocenters. The van der Waals surface area contributed by atoms with E-state index in [1.165, 1.54) is 17.7 Å². The molecule has 0 spiro atoms. The van der Waals surface area contributed by atoms with Crippen molar-refractivity contribution in [3.8, 4) is 0 Å². The van der Waals surface area contributed by atoms with Gasteiger partial charge in [0.2, 0.25) is 11.6 Å². The van der Waals surface area contributed by atoms with Gasteiger partial charge in [0.05, 0.1) is 10.6 Å². The lowest BCUT2D eigenvalue weighted by molar-refractivity contribution is -0.383. The van der Waals surface area contributed by atoms with Crippen molar-refractivity contribution >= 4 is 39.6 Å². The van der Waals surface area contributed by atoms with Crippen LogP contribution in [0.15, 0.2) is 24.7 Å². The lowest BCUT2D eigenvalue weighted by atomic mass is 10.3. The van der Waals surface area contributed by atoms with Crippen molar-refractivity contribution in [2.75, 3.05) is 10.6 Å². The Bertz CT molecular complexity index is 905. The molecule has 10 heteroatoms. The summed E-state index contributed by atoms with van der Waals surface area (Å²) >= 11 is 1.40. The Hall–Kier alpha value is -3.14. The number of hydrogen-bond donors (Lipinski definition) is 2. The van der Waals surface area contributed by atoms with Crippen LogP contribution < -0.4 is 10.6 Å². The van der Waals surface area contributed by atoms with Crippen LogP contribution in [0.2, 0.25) is 0 Å². The molecule has 0 saturated heterocycles. The van der Waals surface area contributed by atoms with E-state index < -0.39 is 4.92 Å². The molecule has 25 heavy (non-hydrogen) atoms. The Morgan fingerprint density at radius 1 is 1.08 bits per heavy atom. The van der Waals surface area contributed by atoms with Gasteiger partial charge in [0.1, 0.15) is 12.1 Å². The molecule has 0 fully saturated rings. The van der Waals surface area contributed by atoms with Crippen LogP contribution in [-0.2, 0) is 0 Å². The fourth-order valence-corrected chi connectivity index (χ4v) is 2.84. The van der Waals surface area contributed by atoms with Gasteiger partial charge in [-0.3, -0.25) is 10.1 Å². The first kappa shape index (κ1) is 16.7.